The molecule has 1 fully saturated rings. The lowest BCUT2D eigenvalue weighted by Gasteiger charge is -2.27. The predicted octanol–water partition coefficient (Wildman–Crippen LogP) is 2.78. The number of carbonyl (C=O) groups excluding carboxylic acids is 1. The summed E-state index contributed by atoms with van der Waals surface area (Å²) in [6.07, 6.45) is 2.96. The van der Waals surface area contributed by atoms with Gasteiger partial charge in [-0.15, -0.1) is 0 Å². The van der Waals surface area contributed by atoms with E-state index >= 15 is 0 Å². The molecule has 1 aliphatic carbocycles. The molecule has 2 atom stereocenters. The van der Waals surface area contributed by atoms with Gasteiger partial charge in [0, 0.05) is 11.5 Å². The number of ketones is 1. The van der Waals surface area contributed by atoms with Crippen molar-refractivity contribution >= 4 is 11.8 Å². The monoisotopic (exact) mass is 292 g/mol. The number of hydrogen-bond donors (Lipinski definition) is 1. The van der Waals surface area contributed by atoms with Crippen molar-refractivity contribution in [2.24, 2.45) is 11.8 Å². The molecule has 1 saturated carbocycles. The number of carbonyl (C=O) groups is 2. The number of benzene rings is 1. The summed E-state index contributed by atoms with van der Waals surface area (Å²) in [5.41, 5.74) is 0.478. The molecule has 5 heteroatoms. The molecular weight excluding hydrogens is 272 g/mol. The molecule has 1 aromatic carbocycles. The van der Waals surface area contributed by atoms with E-state index in [-0.39, 0.29) is 5.78 Å². The molecule has 1 N–H and O–H groups in total. The Morgan fingerprint density at radius 3 is 2.24 bits per heavy atom. The van der Waals surface area contributed by atoms with Gasteiger partial charge in [-0.2, -0.15) is 0 Å². The Balaban J connectivity index is 2.28. The normalized spacial score (nSPS) is 21.6. The quantitative estimate of drug-likeness (QED) is 0.845. The van der Waals surface area contributed by atoms with Crippen LogP contribution in [0.3, 0.4) is 0 Å². The van der Waals surface area contributed by atoms with Gasteiger partial charge in [-0.05, 0) is 31.0 Å². The molecule has 21 heavy (non-hydrogen) atoms. The zero-order valence-electron chi connectivity index (χ0n) is 12.3. The highest BCUT2D eigenvalue weighted by atomic mass is 16.5. The van der Waals surface area contributed by atoms with E-state index < -0.39 is 17.8 Å². The predicted molar refractivity (Wildman–Crippen MR) is 77.0 cm³/mol. The summed E-state index contributed by atoms with van der Waals surface area (Å²) < 4.78 is 10.3. The maximum absolute atomic E-state index is 12.6. The molecule has 114 valence electrons. The van der Waals surface area contributed by atoms with E-state index in [1.54, 1.807) is 18.2 Å². The standard InChI is InChI=1S/C16H20O5/c1-20-13-8-7-10(9-14(13)21-2)15(17)11-5-3-4-6-12(11)16(18)19/h7-9,11-12H,3-6H2,1-2H3,(H,18,19). The van der Waals surface area contributed by atoms with Gasteiger partial charge in [-0.1, -0.05) is 12.8 Å². The van der Waals surface area contributed by atoms with Gasteiger partial charge in [0.05, 0.1) is 20.1 Å². The van der Waals surface area contributed by atoms with Crippen molar-refractivity contribution in [1.82, 2.24) is 0 Å². The van der Waals surface area contributed by atoms with Crippen LogP contribution in [0.15, 0.2) is 18.2 Å². The van der Waals surface area contributed by atoms with Gasteiger partial charge in [-0.25, -0.2) is 0 Å². The molecule has 1 aliphatic rings. The molecule has 5 nitrogen and oxygen atoms in total. The molecular formula is C16H20O5. The molecule has 2 rings (SSSR count). The van der Waals surface area contributed by atoms with Crippen molar-refractivity contribution in [2.45, 2.75) is 25.7 Å². The lowest BCUT2D eigenvalue weighted by Crippen LogP contribution is -2.32. The van der Waals surface area contributed by atoms with Crippen LogP contribution in [-0.2, 0) is 4.79 Å². The Labute approximate surface area is 123 Å². The van der Waals surface area contributed by atoms with Crippen LogP contribution in [0.25, 0.3) is 0 Å². The summed E-state index contributed by atoms with van der Waals surface area (Å²) in [6, 6.07) is 4.95. The first-order chi connectivity index (χ1) is 10.1. The third-order valence-corrected chi connectivity index (χ3v) is 4.09. The first kappa shape index (κ1) is 15.4. The molecule has 0 radical (unpaired) electrons. The van der Waals surface area contributed by atoms with Crippen molar-refractivity contribution in [3.63, 3.8) is 0 Å². The summed E-state index contributed by atoms with van der Waals surface area (Å²) in [5, 5.41) is 9.29. The Hall–Kier alpha value is -2.04. The second-order valence-electron chi connectivity index (χ2n) is 5.27. The number of Topliss-reactive ketones (excluding diaryl/α,β-unsaturated/α-hetero) is 1. The van der Waals surface area contributed by atoms with Gasteiger partial charge in [0.2, 0.25) is 0 Å². The average molecular weight is 292 g/mol. The highest BCUT2D eigenvalue weighted by Gasteiger charge is 2.36. The highest BCUT2D eigenvalue weighted by molar-refractivity contribution is 6.00. The van der Waals surface area contributed by atoms with Crippen molar-refractivity contribution in [3.05, 3.63) is 23.8 Å². The SMILES string of the molecule is COc1ccc(C(=O)C2CCCCC2C(=O)O)cc1OC. The number of carboxylic acids is 1. The van der Waals surface area contributed by atoms with E-state index in [9.17, 15) is 14.7 Å². The summed E-state index contributed by atoms with van der Waals surface area (Å²) in [5.74, 6) is -1.01. The number of methoxy groups -OCH3 is 2. The lowest BCUT2D eigenvalue weighted by atomic mass is 9.75. The topological polar surface area (TPSA) is 72.8 Å². The van der Waals surface area contributed by atoms with Gasteiger partial charge in [0.1, 0.15) is 0 Å². The maximum atomic E-state index is 12.6. The molecule has 1 aromatic rings. The number of aliphatic carboxylic acids is 1. The molecule has 0 bridgehead atoms. The first-order valence-corrected chi connectivity index (χ1v) is 7.07. The van der Waals surface area contributed by atoms with Crippen LogP contribution in [-0.4, -0.2) is 31.1 Å². The third-order valence-electron chi connectivity index (χ3n) is 4.09. The molecule has 0 amide bonds. The van der Waals surface area contributed by atoms with Gasteiger partial charge in [-0.3, -0.25) is 9.59 Å². The van der Waals surface area contributed by atoms with Crippen LogP contribution >= 0.6 is 0 Å². The number of hydrogen-bond acceptors (Lipinski definition) is 4. The van der Waals surface area contributed by atoms with Crippen molar-refractivity contribution in [2.75, 3.05) is 14.2 Å². The van der Waals surface area contributed by atoms with E-state index in [1.165, 1.54) is 14.2 Å². The van der Waals surface area contributed by atoms with Crippen LogP contribution in [0.2, 0.25) is 0 Å². The largest absolute Gasteiger partial charge is 0.493 e. The summed E-state index contributed by atoms with van der Waals surface area (Å²) in [6.45, 7) is 0. The van der Waals surface area contributed by atoms with Crippen LogP contribution in [0.4, 0.5) is 0 Å². The molecule has 0 spiro atoms. The van der Waals surface area contributed by atoms with Crippen molar-refractivity contribution in [1.29, 1.82) is 0 Å². The summed E-state index contributed by atoms with van der Waals surface area (Å²) >= 11 is 0. The second kappa shape index (κ2) is 6.61. The van der Waals surface area contributed by atoms with E-state index in [0.717, 1.165) is 12.8 Å². The summed E-state index contributed by atoms with van der Waals surface area (Å²) in [7, 11) is 3.04. The van der Waals surface area contributed by atoms with Gasteiger partial charge in [0.15, 0.2) is 17.3 Å². The Morgan fingerprint density at radius 2 is 1.67 bits per heavy atom. The molecule has 0 saturated heterocycles. The van der Waals surface area contributed by atoms with Crippen molar-refractivity contribution < 1.29 is 24.2 Å². The Bertz CT molecular complexity index is 537. The zero-order valence-corrected chi connectivity index (χ0v) is 12.3. The van der Waals surface area contributed by atoms with Crippen LogP contribution in [0, 0.1) is 11.8 Å². The van der Waals surface area contributed by atoms with E-state index in [2.05, 4.69) is 0 Å². The minimum absolute atomic E-state index is 0.122. The summed E-state index contributed by atoms with van der Waals surface area (Å²) in [4.78, 5) is 23.9. The third kappa shape index (κ3) is 3.17. The Kier molecular flexibility index (Phi) is 4.83. The second-order valence-corrected chi connectivity index (χ2v) is 5.27. The van der Waals surface area contributed by atoms with Crippen LogP contribution in [0.5, 0.6) is 11.5 Å². The average Bonchev–Trinajstić information content (AvgIpc) is 2.53. The minimum Gasteiger partial charge on any atom is -0.493 e. The smallest absolute Gasteiger partial charge is 0.307 e. The maximum Gasteiger partial charge on any atom is 0.307 e. The van der Waals surface area contributed by atoms with Crippen LogP contribution in [0.1, 0.15) is 36.0 Å². The number of rotatable bonds is 5. The minimum atomic E-state index is -0.881. The molecule has 2 unspecified atom stereocenters. The molecule has 0 aromatic heterocycles. The highest BCUT2D eigenvalue weighted by Crippen LogP contribution is 2.35. The lowest BCUT2D eigenvalue weighted by molar-refractivity contribution is -0.144. The van der Waals surface area contributed by atoms with Crippen LogP contribution < -0.4 is 9.47 Å². The number of ether oxygens (including phenoxy) is 2. The van der Waals surface area contributed by atoms with Gasteiger partial charge >= 0.3 is 5.97 Å². The van der Waals surface area contributed by atoms with Crippen molar-refractivity contribution in [3.8, 4) is 11.5 Å². The van der Waals surface area contributed by atoms with E-state index in [4.69, 9.17) is 9.47 Å². The molecule has 0 heterocycles. The fourth-order valence-electron chi connectivity index (χ4n) is 2.94. The van der Waals surface area contributed by atoms with Gasteiger partial charge in [0.25, 0.3) is 0 Å². The first-order valence-electron chi connectivity index (χ1n) is 7.07. The number of carboxylic acid groups (broad SMARTS) is 1. The fourth-order valence-corrected chi connectivity index (χ4v) is 2.94. The Morgan fingerprint density at radius 1 is 1.05 bits per heavy atom. The fraction of sp³-hybridized carbons (Fsp3) is 0.500. The van der Waals surface area contributed by atoms with E-state index in [1.807, 2.05) is 0 Å². The zero-order chi connectivity index (χ0) is 15.4. The van der Waals surface area contributed by atoms with E-state index in [0.29, 0.717) is 29.9 Å². The molecule has 0 aliphatic heterocycles. The van der Waals surface area contributed by atoms with Gasteiger partial charge < -0.3 is 14.6 Å².